The fourth-order valence-corrected chi connectivity index (χ4v) is 1.90. The van der Waals surface area contributed by atoms with Crippen molar-refractivity contribution in [2.45, 2.75) is 6.54 Å². The average Bonchev–Trinajstić information content (AvgIpc) is 2.42. The molecule has 0 N–H and O–H groups in total. The maximum Gasteiger partial charge on any atom is 0.254 e. The summed E-state index contributed by atoms with van der Waals surface area (Å²) in [6, 6.07) is 9.85. The predicted molar refractivity (Wildman–Crippen MR) is 74.1 cm³/mol. The Morgan fingerprint density at radius 3 is 2.79 bits per heavy atom. The second-order valence-electron chi connectivity index (χ2n) is 4.11. The van der Waals surface area contributed by atoms with Crippen molar-refractivity contribution in [3.8, 4) is 0 Å². The summed E-state index contributed by atoms with van der Waals surface area (Å²) >= 11 is 3.06. The highest BCUT2D eigenvalue weighted by Crippen LogP contribution is 2.17. The standard InChI is InChI=1S/C14H12BrFN2O/c1-18(9-11-4-2-3-7-17-11)14(19)10-5-6-12(15)13(16)8-10/h2-8H,9H2,1H3. The van der Waals surface area contributed by atoms with Gasteiger partial charge in [0.15, 0.2) is 0 Å². The summed E-state index contributed by atoms with van der Waals surface area (Å²) in [5.41, 5.74) is 1.11. The zero-order valence-corrected chi connectivity index (χ0v) is 11.9. The third kappa shape index (κ3) is 3.38. The number of hydrogen-bond donors (Lipinski definition) is 0. The molecule has 0 radical (unpaired) electrons. The molecule has 0 saturated carbocycles. The van der Waals surface area contributed by atoms with E-state index in [9.17, 15) is 9.18 Å². The number of hydrogen-bond acceptors (Lipinski definition) is 2. The topological polar surface area (TPSA) is 33.2 Å². The van der Waals surface area contributed by atoms with Crippen molar-refractivity contribution in [1.29, 1.82) is 0 Å². The highest BCUT2D eigenvalue weighted by atomic mass is 79.9. The SMILES string of the molecule is CN(Cc1ccccn1)C(=O)c1ccc(Br)c(F)c1. The summed E-state index contributed by atoms with van der Waals surface area (Å²) in [6.45, 7) is 0.386. The molecule has 0 fully saturated rings. The summed E-state index contributed by atoms with van der Waals surface area (Å²) in [7, 11) is 1.66. The number of carbonyl (C=O) groups excluding carboxylic acids is 1. The van der Waals surface area contributed by atoms with Crippen LogP contribution in [0, 0.1) is 5.82 Å². The Balaban J connectivity index is 2.12. The molecule has 19 heavy (non-hydrogen) atoms. The Morgan fingerprint density at radius 1 is 1.37 bits per heavy atom. The monoisotopic (exact) mass is 322 g/mol. The van der Waals surface area contributed by atoms with Crippen LogP contribution >= 0.6 is 15.9 Å². The molecule has 0 aliphatic heterocycles. The summed E-state index contributed by atoms with van der Waals surface area (Å²) in [4.78, 5) is 17.8. The fourth-order valence-electron chi connectivity index (χ4n) is 1.66. The third-order valence-corrected chi connectivity index (χ3v) is 3.28. The van der Waals surface area contributed by atoms with Crippen LogP contribution in [0.4, 0.5) is 4.39 Å². The van der Waals surface area contributed by atoms with Gasteiger partial charge >= 0.3 is 0 Å². The molecule has 1 aromatic carbocycles. The van der Waals surface area contributed by atoms with E-state index in [4.69, 9.17) is 0 Å². The second kappa shape index (κ2) is 5.93. The van der Waals surface area contributed by atoms with E-state index < -0.39 is 5.82 Å². The fraction of sp³-hybridized carbons (Fsp3) is 0.143. The lowest BCUT2D eigenvalue weighted by Crippen LogP contribution is -2.26. The van der Waals surface area contributed by atoms with Gasteiger partial charge in [0.05, 0.1) is 16.7 Å². The lowest BCUT2D eigenvalue weighted by Gasteiger charge is -2.16. The van der Waals surface area contributed by atoms with E-state index in [2.05, 4.69) is 20.9 Å². The number of halogens is 2. The van der Waals surface area contributed by atoms with E-state index in [1.54, 1.807) is 19.3 Å². The van der Waals surface area contributed by atoms with Crippen LogP contribution in [0.15, 0.2) is 47.1 Å². The molecule has 1 amide bonds. The number of amides is 1. The molecular weight excluding hydrogens is 311 g/mol. The second-order valence-corrected chi connectivity index (χ2v) is 4.97. The molecule has 2 aromatic rings. The van der Waals surface area contributed by atoms with Gasteiger partial charge in [-0.3, -0.25) is 9.78 Å². The van der Waals surface area contributed by atoms with Crippen LogP contribution in [0.1, 0.15) is 16.1 Å². The van der Waals surface area contributed by atoms with Gasteiger partial charge in [-0.05, 0) is 46.3 Å². The molecule has 0 unspecified atom stereocenters. The molecule has 0 saturated heterocycles. The first-order valence-corrected chi connectivity index (χ1v) is 6.47. The molecule has 0 aliphatic rings. The van der Waals surface area contributed by atoms with Gasteiger partial charge in [-0.1, -0.05) is 6.07 Å². The van der Waals surface area contributed by atoms with Crippen molar-refractivity contribution >= 4 is 21.8 Å². The molecular formula is C14H12BrFN2O. The third-order valence-electron chi connectivity index (χ3n) is 2.64. The van der Waals surface area contributed by atoms with E-state index in [1.807, 2.05) is 18.2 Å². The molecule has 0 spiro atoms. The summed E-state index contributed by atoms with van der Waals surface area (Å²) < 4.78 is 13.7. The first-order chi connectivity index (χ1) is 9.08. The predicted octanol–water partition coefficient (Wildman–Crippen LogP) is 3.26. The molecule has 0 bridgehead atoms. The first kappa shape index (κ1) is 13.7. The van der Waals surface area contributed by atoms with E-state index in [0.717, 1.165) is 5.69 Å². The lowest BCUT2D eigenvalue weighted by atomic mass is 10.2. The van der Waals surface area contributed by atoms with E-state index in [0.29, 0.717) is 16.6 Å². The molecule has 3 nitrogen and oxygen atoms in total. The van der Waals surface area contributed by atoms with Gasteiger partial charge in [0.2, 0.25) is 0 Å². The Kier molecular flexibility index (Phi) is 4.27. The van der Waals surface area contributed by atoms with Crippen LogP contribution in [-0.4, -0.2) is 22.8 Å². The van der Waals surface area contributed by atoms with E-state index in [-0.39, 0.29) is 5.91 Å². The smallest absolute Gasteiger partial charge is 0.254 e. The van der Waals surface area contributed by atoms with Gasteiger partial charge in [0, 0.05) is 18.8 Å². The first-order valence-electron chi connectivity index (χ1n) is 5.68. The zero-order valence-electron chi connectivity index (χ0n) is 10.3. The van der Waals surface area contributed by atoms with Gasteiger partial charge in [-0.25, -0.2) is 4.39 Å². The van der Waals surface area contributed by atoms with Crippen molar-refractivity contribution in [2.24, 2.45) is 0 Å². The Labute approximate surface area is 119 Å². The molecule has 2 rings (SSSR count). The number of carbonyl (C=O) groups is 1. The van der Waals surface area contributed by atoms with Gasteiger partial charge in [-0.15, -0.1) is 0 Å². The van der Waals surface area contributed by atoms with Crippen molar-refractivity contribution in [1.82, 2.24) is 9.88 Å². The largest absolute Gasteiger partial charge is 0.336 e. The summed E-state index contributed by atoms with van der Waals surface area (Å²) in [5, 5.41) is 0. The van der Waals surface area contributed by atoms with Crippen LogP contribution in [0.5, 0.6) is 0 Å². The number of aromatic nitrogens is 1. The van der Waals surface area contributed by atoms with Gasteiger partial charge in [0.1, 0.15) is 5.82 Å². The van der Waals surface area contributed by atoms with Gasteiger partial charge in [-0.2, -0.15) is 0 Å². The molecule has 1 heterocycles. The number of rotatable bonds is 3. The highest BCUT2D eigenvalue weighted by molar-refractivity contribution is 9.10. The molecule has 98 valence electrons. The van der Waals surface area contributed by atoms with Crippen molar-refractivity contribution in [2.75, 3.05) is 7.05 Å². The van der Waals surface area contributed by atoms with Crippen LogP contribution in [0.2, 0.25) is 0 Å². The minimum absolute atomic E-state index is 0.239. The van der Waals surface area contributed by atoms with Crippen LogP contribution in [-0.2, 0) is 6.54 Å². The maximum absolute atomic E-state index is 13.4. The minimum atomic E-state index is -0.447. The Hall–Kier alpha value is -1.75. The molecule has 0 atom stereocenters. The number of nitrogens with zero attached hydrogens (tertiary/aromatic N) is 2. The molecule has 5 heteroatoms. The highest BCUT2D eigenvalue weighted by Gasteiger charge is 2.14. The normalized spacial score (nSPS) is 10.3. The minimum Gasteiger partial charge on any atom is -0.336 e. The maximum atomic E-state index is 13.4. The summed E-state index contributed by atoms with van der Waals surface area (Å²) in [5.74, 6) is -0.686. The average molecular weight is 323 g/mol. The Morgan fingerprint density at radius 2 is 2.16 bits per heavy atom. The molecule has 0 aliphatic carbocycles. The number of benzene rings is 1. The lowest BCUT2D eigenvalue weighted by molar-refractivity contribution is 0.0783. The van der Waals surface area contributed by atoms with Gasteiger partial charge in [0.25, 0.3) is 5.91 Å². The Bertz CT molecular complexity index is 589. The van der Waals surface area contributed by atoms with Crippen LogP contribution in [0.25, 0.3) is 0 Å². The zero-order chi connectivity index (χ0) is 13.8. The summed E-state index contributed by atoms with van der Waals surface area (Å²) in [6.07, 6.45) is 1.67. The quantitative estimate of drug-likeness (QED) is 0.869. The van der Waals surface area contributed by atoms with Crippen molar-refractivity contribution < 1.29 is 9.18 Å². The molecule has 1 aromatic heterocycles. The van der Waals surface area contributed by atoms with E-state index >= 15 is 0 Å². The van der Waals surface area contributed by atoms with Crippen LogP contribution < -0.4 is 0 Å². The van der Waals surface area contributed by atoms with Gasteiger partial charge < -0.3 is 4.90 Å². The van der Waals surface area contributed by atoms with E-state index in [1.165, 1.54) is 17.0 Å². The number of pyridine rings is 1. The van der Waals surface area contributed by atoms with Crippen LogP contribution in [0.3, 0.4) is 0 Å². The van der Waals surface area contributed by atoms with Crippen molar-refractivity contribution in [3.63, 3.8) is 0 Å². The van der Waals surface area contributed by atoms with Crippen molar-refractivity contribution in [3.05, 3.63) is 64.1 Å².